The quantitative estimate of drug-likeness (QED) is 0.919. The van der Waals surface area contributed by atoms with Gasteiger partial charge in [0.2, 0.25) is 0 Å². The van der Waals surface area contributed by atoms with Crippen LogP contribution in [0.15, 0.2) is 42.5 Å². The minimum atomic E-state index is -0.802. The Kier molecular flexibility index (Phi) is 4.81. The van der Waals surface area contributed by atoms with Gasteiger partial charge in [-0.25, -0.2) is 4.39 Å². The number of nitrogens with one attached hydrogen (secondary N) is 1. The van der Waals surface area contributed by atoms with Crippen molar-refractivity contribution >= 4 is 23.2 Å². The number of ether oxygens (including phenoxy) is 1. The van der Waals surface area contributed by atoms with Gasteiger partial charge in [-0.15, -0.1) is 0 Å². The van der Waals surface area contributed by atoms with E-state index in [1.165, 1.54) is 12.1 Å². The smallest absolute Gasteiger partial charge is 0.265 e. The second-order valence-corrected chi connectivity index (χ2v) is 5.07. The minimum Gasteiger partial charge on any atom is -0.479 e. The van der Waals surface area contributed by atoms with Crippen molar-refractivity contribution < 1.29 is 13.9 Å². The summed E-state index contributed by atoms with van der Waals surface area (Å²) in [5, 5.41) is 2.90. The van der Waals surface area contributed by atoms with Crippen molar-refractivity contribution in [3.8, 4) is 5.75 Å². The lowest BCUT2D eigenvalue weighted by atomic mass is 10.2. The standard InChI is InChI=1S/C16H15ClFNO2/c1-10-7-8-12(17)15(9-10)21-11(2)16(20)19-14-6-4-3-5-13(14)18/h3-9,11H,1-2H3,(H,19,20). The maximum absolute atomic E-state index is 13.5. The fraction of sp³-hybridized carbons (Fsp3) is 0.188. The molecule has 0 aliphatic carbocycles. The van der Waals surface area contributed by atoms with Gasteiger partial charge in [0.15, 0.2) is 6.10 Å². The molecule has 0 spiro atoms. The summed E-state index contributed by atoms with van der Waals surface area (Å²) >= 11 is 6.01. The molecule has 110 valence electrons. The van der Waals surface area contributed by atoms with Crippen LogP contribution in [0.25, 0.3) is 0 Å². The first-order chi connectivity index (χ1) is 9.97. The molecule has 0 aromatic heterocycles. The van der Waals surface area contributed by atoms with E-state index in [0.717, 1.165) is 5.56 Å². The van der Waals surface area contributed by atoms with E-state index in [2.05, 4.69) is 5.32 Å². The first-order valence-corrected chi connectivity index (χ1v) is 6.83. The average molecular weight is 308 g/mol. The Morgan fingerprint density at radius 1 is 1.29 bits per heavy atom. The number of para-hydroxylation sites is 1. The molecule has 0 aliphatic rings. The first-order valence-electron chi connectivity index (χ1n) is 6.45. The molecule has 1 amide bonds. The lowest BCUT2D eigenvalue weighted by molar-refractivity contribution is -0.122. The molecule has 1 N–H and O–H groups in total. The molecule has 0 aliphatic heterocycles. The Morgan fingerprint density at radius 2 is 2.00 bits per heavy atom. The van der Waals surface area contributed by atoms with Crippen molar-refractivity contribution in [3.05, 3.63) is 58.9 Å². The van der Waals surface area contributed by atoms with E-state index in [1.807, 2.05) is 13.0 Å². The zero-order valence-corrected chi connectivity index (χ0v) is 12.4. The number of rotatable bonds is 4. The van der Waals surface area contributed by atoms with Crippen LogP contribution in [0.1, 0.15) is 12.5 Å². The molecule has 2 aromatic carbocycles. The van der Waals surface area contributed by atoms with Crippen LogP contribution in [-0.4, -0.2) is 12.0 Å². The molecule has 2 rings (SSSR count). The van der Waals surface area contributed by atoms with Crippen molar-refractivity contribution in [2.75, 3.05) is 5.32 Å². The zero-order valence-electron chi connectivity index (χ0n) is 11.7. The minimum absolute atomic E-state index is 0.119. The van der Waals surface area contributed by atoms with Crippen molar-refractivity contribution in [2.45, 2.75) is 20.0 Å². The zero-order chi connectivity index (χ0) is 15.4. The number of aryl methyl sites for hydroxylation is 1. The summed E-state index contributed by atoms with van der Waals surface area (Å²) in [5.41, 5.74) is 1.09. The summed E-state index contributed by atoms with van der Waals surface area (Å²) in [5.74, 6) is -0.517. The topological polar surface area (TPSA) is 38.3 Å². The van der Waals surface area contributed by atoms with Gasteiger partial charge in [-0.05, 0) is 43.7 Å². The largest absolute Gasteiger partial charge is 0.479 e. The molecule has 5 heteroatoms. The molecule has 0 saturated heterocycles. The van der Waals surface area contributed by atoms with E-state index in [1.54, 1.807) is 31.2 Å². The highest BCUT2D eigenvalue weighted by Gasteiger charge is 2.17. The number of carbonyl (C=O) groups is 1. The molecule has 3 nitrogen and oxygen atoms in total. The number of hydrogen-bond donors (Lipinski definition) is 1. The average Bonchev–Trinajstić information content (AvgIpc) is 2.45. The van der Waals surface area contributed by atoms with Gasteiger partial charge in [0.1, 0.15) is 11.6 Å². The lowest BCUT2D eigenvalue weighted by Gasteiger charge is -2.16. The van der Waals surface area contributed by atoms with E-state index in [0.29, 0.717) is 10.8 Å². The van der Waals surface area contributed by atoms with Crippen LogP contribution in [0.5, 0.6) is 5.75 Å². The van der Waals surface area contributed by atoms with Gasteiger partial charge in [0.05, 0.1) is 10.7 Å². The van der Waals surface area contributed by atoms with E-state index >= 15 is 0 Å². The first kappa shape index (κ1) is 15.3. The Labute approximate surface area is 127 Å². The molecule has 1 atom stereocenters. The number of amides is 1. The number of carbonyl (C=O) groups excluding carboxylic acids is 1. The molecule has 0 saturated carbocycles. The van der Waals surface area contributed by atoms with Gasteiger partial charge >= 0.3 is 0 Å². The normalized spacial score (nSPS) is 11.8. The Morgan fingerprint density at radius 3 is 2.71 bits per heavy atom. The van der Waals surface area contributed by atoms with Crippen molar-refractivity contribution in [3.63, 3.8) is 0 Å². The van der Waals surface area contributed by atoms with E-state index < -0.39 is 17.8 Å². The summed E-state index contributed by atoms with van der Waals surface area (Å²) < 4.78 is 19.0. The van der Waals surface area contributed by atoms with Crippen LogP contribution in [0.2, 0.25) is 5.02 Å². The summed E-state index contributed by atoms with van der Waals surface area (Å²) in [6.45, 7) is 3.47. The molecular weight excluding hydrogens is 293 g/mol. The van der Waals surface area contributed by atoms with E-state index in [-0.39, 0.29) is 5.69 Å². The Bertz CT molecular complexity index is 660. The Hall–Kier alpha value is -2.07. The molecule has 0 radical (unpaired) electrons. The van der Waals surface area contributed by atoms with Gasteiger partial charge in [-0.3, -0.25) is 4.79 Å². The number of anilines is 1. The molecule has 1 unspecified atom stereocenters. The van der Waals surface area contributed by atoms with Crippen molar-refractivity contribution in [1.29, 1.82) is 0 Å². The second kappa shape index (κ2) is 6.59. The molecule has 0 fully saturated rings. The summed E-state index contributed by atoms with van der Waals surface area (Å²) in [6.07, 6.45) is -0.802. The van der Waals surface area contributed by atoms with Gasteiger partial charge < -0.3 is 10.1 Å². The maximum Gasteiger partial charge on any atom is 0.265 e. The predicted octanol–water partition coefficient (Wildman–Crippen LogP) is 4.19. The highest BCUT2D eigenvalue weighted by atomic mass is 35.5. The highest BCUT2D eigenvalue weighted by molar-refractivity contribution is 6.32. The van der Waals surface area contributed by atoms with Crippen molar-refractivity contribution in [2.24, 2.45) is 0 Å². The lowest BCUT2D eigenvalue weighted by Crippen LogP contribution is -2.30. The van der Waals surface area contributed by atoms with Crippen LogP contribution >= 0.6 is 11.6 Å². The number of hydrogen-bond acceptors (Lipinski definition) is 2. The molecule has 0 bridgehead atoms. The summed E-state index contributed by atoms with van der Waals surface area (Å²) in [6, 6.07) is 11.2. The van der Waals surface area contributed by atoms with Gasteiger partial charge in [-0.1, -0.05) is 29.8 Å². The fourth-order valence-electron chi connectivity index (χ4n) is 1.74. The van der Waals surface area contributed by atoms with Gasteiger partial charge in [-0.2, -0.15) is 0 Å². The monoisotopic (exact) mass is 307 g/mol. The van der Waals surface area contributed by atoms with E-state index in [9.17, 15) is 9.18 Å². The van der Waals surface area contributed by atoms with Crippen LogP contribution in [0, 0.1) is 12.7 Å². The SMILES string of the molecule is Cc1ccc(Cl)c(OC(C)C(=O)Nc2ccccc2F)c1. The highest BCUT2D eigenvalue weighted by Crippen LogP contribution is 2.26. The number of halogens is 2. The Balaban J connectivity index is 2.06. The summed E-state index contributed by atoms with van der Waals surface area (Å²) in [4.78, 5) is 12.0. The second-order valence-electron chi connectivity index (χ2n) is 4.66. The van der Waals surface area contributed by atoms with Gasteiger partial charge in [0.25, 0.3) is 5.91 Å². The van der Waals surface area contributed by atoms with Crippen molar-refractivity contribution in [1.82, 2.24) is 0 Å². The van der Waals surface area contributed by atoms with Gasteiger partial charge in [0, 0.05) is 0 Å². The molecule has 2 aromatic rings. The van der Waals surface area contributed by atoms with E-state index in [4.69, 9.17) is 16.3 Å². The molecular formula is C16H15ClFNO2. The number of benzene rings is 2. The van der Waals surface area contributed by atoms with Crippen LogP contribution in [-0.2, 0) is 4.79 Å². The predicted molar refractivity (Wildman–Crippen MR) is 81.3 cm³/mol. The van der Waals surface area contributed by atoms with Crippen LogP contribution < -0.4 is 10.1 Å². The van der Waals surface area contributed by atoms with Crippen LogP contribution in [0.4, 0.5) is 10.1 Å². The maximum atomic E-state index is 13.5. The molecule has 21 heavy (non-hydrogen) atoms. The summed E-state index contributed by atoms with van der Waals surface area (Å²) in [7, 11) is 0. The third-order valence-corrected chi connectivity index (χ3v) is 3.20. The third-order valence-electron chi connectivity index (χ3n) is 2.89. The van der Waals surface area contributed by atoms with Crippen LogP contribution in [0.3, 0.4) is 0 Å². The third kappa shape index (κ3) is 3.95. The molecule has 0 heterocycles. The fourth-order valence-corrected chi connectivity index (χ4v) is 1.90.